The molecule has 2 aliphatic rings. The van der Waals surface area contributed by atoms with Gasteiger partial charge in [-0.1, -0.05) is 87.6 Å². The Labute approximate surface area is 337 Å². The largest absolute Gasteiger partial charge is 0.485 e. The zero-order valence-electron chi connectivity index (χ0n) is 36.3. The van der Waals surface area contributed by atoms with E-state index in [0.717, 1.165) is 0 Å². The molecule has 0 saturated carbocycles. The predicted octanol–water partition coefficient (Wildman–Crippen LogP) is 7.65. The molecule has 2 aliphatic heterocycles. The number of Topliss-reactive ketones (excluding diaryl/α,β-unsaturated/α-hetero) is 3. The SMILES string of the molecule is C=C=C1O[C@H](CCC)C(=O)N(C)[C@@H](CC(C)C)C(=O)C[C@@H]2C[C@@H](OC(=C)[C@H](CC(C)C)N(C)C(=O)COC(=O)[C@H](CC(C)C)CCC2=O)C(=O)C[C@H]1CC(C)C. The number of esters is 1. The third-order valence-corrected chi connectivity index (χ3v) is 10.9. The number of hydrogen-bond acceptors (Lipinski definition) is 9. The Kier molecular flexibility index (Phi) is 19.8. The van der Waals surface area contributed by atoms with E-state index in [1.54, 1.807) is 14.1 Å². The number of likely N-dealkylation sites (N-methyl/N-ethyl adjacent to an activating group) is 2. The fraction of sp³-hybridized carbons (Fsp3) is 0.756. The second-order valence-electron chi connectivity index (χ2n) is 17.8. The molecule has 0 aromatic carbocycles. The second-order valence-corrected chi connectivity index (χ2v) is 17.8. The van der Waals surface area contributed by atoms with Crippen molar-refractivity contribution in [3.8, 4) is 0 Å². The van der Waals surface area contributed by atoms with Crippen LogP contribution in [0.5, 0.6) is 0 Å². The lowest BCUT2D eigenvalue weighted by Gasteiger charge is -2.35. The van der Waals surface area contributed by atoms with Crippen LogP contribution in [-0.4, -0.2) is 89.9 Å². The van der Waals surface area contributed by atoms with Crippen LogP contribution in [0.15, 0.2) is 30.4 Å². The number of nitrogens with zero attached hydrogens (tertiary/aromatic N) is 2. The molecule has 316 valence electrons. The van der Waals surface area contributed by atoms with Crippen molar-refractivity contribution in [2.24, 2.45) is 41.4 Å². The molecular formula is C45H72N2O9. The number of amides is 2. The Hall–Kier alpha value is -3.72. The molecule has 0 spiro atoms. The molecule has 2 rings (SSSR count). The van der Waals surface area contributed by atoms with Crippen LogP contribution in [0.1, 0.15) is 133 Å². The van der Waals surface area contributed by atoms with E-state index in [1.165, 1.54) is 9.80 Å². The van der Waals surface area contributed by atoms with Gasteiger partial charge in [0.1, 0.15) is 17.3 Å². The maximum atomic E-state index is 14.7. The first-order chi connectivity index (χ1) is 26.2. The van der Waals surface area contributed by atoms with Gasteiger partial charge in [0.15, 0.2) is 30.4 Å². The zero-order valence-corrected chi connectivity index (χ0v) is 36.3. The molecule has 0 aromatic heterocycles. The lowest BCUT2D eigenvalue weighted by atomic mass is 9.82. The van der Waals surface area contributed by atoms with Crippen molar-refractivity contribution < 1.29 is 43.0 Å². The normalized spacial score (nSPS) is 27.5. The van der Waals surface area contributed by atoms with Crippen molar-refractivity contribution in [1.82, 2.24) is 9.80 Å². The van der Waals surface area contributed by atoms with Gasteiger partial charge < -0.3 is 24.0 Å². The maximum Gasteiger partial charge on any atom is 0.309 e. The van der Waals surface area contributed by atoms with Gasteiger partial charge in [0.2, 0.25) is 0 Å². The second kappa shape index (κ2) is 22.9. The van der Waals surface area contributed by atoms with Crippen molar-refractivity contribution in [1.29, 1.82) is 0 Å². The highest BCUT2D eigenvalue weighted by molar-refractivity contribution is 5.94. The molecule has 2 bridgehead atoms. The number of carbonyl (C=O) groups is 6. The van der Waals surface area contributed by atoms with Gasteiger partial charge >= 0.3 is 5.97 Å². The number of ether oxygens (including phenoxy) is 3. The summed E-state index contributed by atoms with van der Waals surface area (Å²) < 4.78 is 18.5. The van der Waals surface area contributed by atoms with Crippen molar-refractivity contribution in [3.63, 3.8) is 0 Å². The van der Waals surface area contributed by atoms with Gasteiger partial charge in [0.05, 0.1) is 18.0 Å². The van der Waals surface area contributed by atoms with Gasteiger partial charge in [0.25, 0.3) is 11.8 Å². The van der Waals surface area contributed by atoms with Crippen molar-refractivity contribution in [3.05, 3.63) is 30.4 Å². The van der Waals surface area contributed by atoms with Crippen molar-refractivity contribution in [2.45, 2.75) is 157 Å². The quantitative estimate of drug-likeness (QED) is 0.162. The standard InChI is InChI=1S/C45H72N2O9/c1-14-16-41-44(52)47(13)36(22-30(9)10)38(49)23-33-25-42(39(50)24-34(20-28(5)6)40(15-2)56-41)55-31(11)35(21-29(7)8)46(12)43(51)26-54-45(53)32(19-27(3)4)17-18-37(33)48/h27-30,32-36,41-42H,2,11,14,16-26H2,1,3-10,12-13H3/t32-,33+,34+,35-,36-,41+,42+/m0/s1. The van der Waals surface area contributed by atoms with Crippen molar-refractivity contribution in [2.75, 3.05) is 20.7 Å². The molecule has 2 heterocycles. The summed E-state index contributed by atoms with van der Waals surface area (Å²) in [5.74, 6) is -3.60. The topological polar surface area (TPSA) is 137 Å². The first-order valence-electron chi connectivity index (χ1n) is 20.9. The average molecular weight is 785 g/mol. The lowest BCUT2D eigenvalue weighted by molar-refractivity contribution is -0.156. The summed E-state index contributed by atoms with van der Waals surface area (Å²) in [5.41, 5.74) is 2.90. The first kappa shape index (κ1) is 48.4. The number of fused-ring (bicyclic) bond motifs is 2. The van der Waals surface area contributed by atoms with E-state index >= 15 is 0 Å². The summed E-state index contributed by atoms with van der Waals surface area (Å²) in [5, 5.41) is 0. The maximum absolute atomic E-state index is 14.7. The molecule has 0 unspecified atom stereocenters. The molecule has 11 heteroatoms. The predicted molar refractivity (Wildman–Crippen MR) is 217 cm³/mol. The fourth-order valence-electron chi connectivity index (χ4n) is 7.86. The summed E-state index contributed by atoms with van der Waals surface area (Å²) in [4.78, 5) is 87.7. The number of allylic oxidation sites excluding steroid dienone is 1. The van der Waals surface area contributed by atoms with E-state index in [2.05, 4.69) is 18.9 Å². The van der Waals surface area contributed by atoms with E-state index in [4.69, 9.17) is 14.2 Å². The van der Waals surface area contributed by atoms with Gasteiger partial charge in [-0.25, -0.2) is 0 Å². The lowest BCUT2D eigenvalue weighted by Crippen LogP contribution is -2.49. The van der Waals surface area contributed by atoms with Crippen molar-refractivity contribution >= 4 is 35.1 Å². The van der Waals surface area contributed by atoms with Gasteiger partial charge in [-0.05, 0) is 62.2 Å². The van der Waals surface area contributed by atoms with Crippen LogP contribution >= 0.6 is 0 Å². The van der Waals surface area contributed by atoms with Crippen LogP contribution in [0.3, 0.4) is 0 Å². The van der Waals surface area contributed by atoms with Crippen LogP contribution in [0.25, 0.3) is 0 Å². The Morgan fingerprint density at radius 2 is 1.30 bits per heavy atom. The monoisotopic (exact) mass is 785 g/mol. The molecule has 0 aliphatic carbocycles. The number of hydrogen-bond donors (Lipinski definition) is 0. The Balaban J connectivity index is 2.90. The van der Waals surface area contributed by atoms with Gasteiger partial charge in [0, 0.05) is 51.6 Å². The molecule has 2 amide bonds. The van der Waals surface area contributed by atoms with Gasteiger partial charge in [-0.3, -0.25) is 28.8 Å². The molecular weight excluding hydrogens is 712 g/mol. The van der Waals surface area contributed by atoms with E-state index in [1.807, 2.05) is 62.3 Å². The Morgan fingerprint density at radius 3 is 1.86 bits per heavy atom. The summed E-state index contributed by atoms with van der Waals surface area (Å²) >= 11 is 0. The molecule has 0 aromatic rings. The molecule has 0 N–H and O–H groups in total. The summed E-state index contributed by atoms with van der Waals surface area (Å²) in [6, 6.07) is -1.54. The minimum absolute atomic E-state index is 0.0349. The van der Waals surface area contributed by atoms with Gasteiger partial charge in [-0.2, -0.15) is 0 Å². The number of cyclic esters (lactones) is 1. The minimum atomic E-state index is -1.20. The van der Waals surface area contributed by atoms with E-state index in [-0.39, 0.29) is 84.8 Å². The Morgan fingerprint density at radius 1 is 0.732 bits per heavy atom. The third-order valence-electron chi connectivity index (χ3n) is 10.9. The molecule has 0 radical (unpaired) electrons. The van der Waals surface area contributed by atoms with E-state index in [9.17, 15) is 28.8 Å². The minimum Gasteiger partial charge on any atom is -0.485 e. The fourth-order valence-corrected chi connectivity index (χ4v) is 7.86. The van der Waals surface area contributed by atoms with Crippen LogP contribution in [0.2, 0.25) is 0 Å². The van der Waals surface area contributed by atoms with Crippen LogP contribution in [-0.2, 0) is 43.0 Å². The number of rotatable bonds is 10. The zero-order chi connectivity index (χ0) is 42.4. The van der Waals surface area contributed by atoms with Crippen LogP contribution in [0.4, 0.5) is 0 Å². The molecule has 2 saturated heterocycles. The highest BCUT2D eigenvalue weighted by Gasteiger charge is 2.40. The smallest absolute Gasteiger partial charge is 0.309 e. The number of carbonyl (C=O) groups excluding carboxylic acids is 6. The Bertz CT molecular complexity index is 1440. The third kappa shape index (κ3) is 14.7. The van der Waals surface area contributed by atoms with Crippen LogP contribution in [0, 0.1) is 41.4 Å². The number of ketones is 3. The highest BCUT2D eigenvalue weighted by Crippen LogP contribution is 2.33. The molecule has 11 nitrogen and oxygen atoms in total. The first-order valence-corrected chi connectivity index (χ1v) is 20.9. The molecule has 7 atom stereocenters. The average Bonchev–Trinajstić information content (AvgIpc) is 3.11. The summed E-state index contributed by atoms with van der Waals surface area (Å²) in [7, 11) is 3.21. The van der Waals surface area contributed by atoms with Crippen LogP contribution < -0.4 is 0 Å². The highest BCUT2D eigenvalue weighted by atomic mass is 16.5. The van der Waals surface area contributed by atoms with E-state index in [0.29, 0.717) is 44.3 Å². The molecule has 56 heavy (non-hydrogen) atoms. The summed E-state index contributed by atoms with van der Waals surface area (Å²) in [6.07, 6.45) is 0.304. The van der Waals surface area contributed by atoms with E-state index < -0.39 is 60.5 Å². The van der Waals surface area contributed by atoms with Gasteiger partial charge in [-0.15, -0.1) is 0 Å². The molecule has 2 fully saturated rings. The summed E-state index contributed by atoms with van der Waals surface area (Å²) in [6.45, 7) is 25.5.